The fourth-order valence-electron chi connectivity index (χ4n) is 0.677. The summed E-state index contributed by atoms with van der Waals surface area (Å²) in [6, 6.07) is 0. The van der Waals surface area contributed by atoms with E-state index >= 15 is 0 Å². The van der Waals surface area contributed by atoms with Gasteiger partial charge in [-0.25, -0.2) is 0 Å². The third kappa shape index (κ3) is 1410. The van der Waals surface area contributed by atoms with Crippen LogP contribution in [0, 0.1) is 54.9 Å². The summed E-state index contributed by atoms with van der Waals surface area (Å²) in [6.45, 7) is 64.0. The molecule has 0 spiro atoms. The summed E-state index contributed by atoms with van der Waals surface area (Å²) in [4.78, 5) is 0. The molecule has 0 aromatic rings. The summed E-state index contributed by atoms with van der Waals surface area (Å²) >= 11 is 0. The van der Waals surface area contributed by atoms with Crippen molar-refractivity contribution in [1.82, 2.24) is 0 Å². The minimum atomic E-state index is 0. The van der Waals surface area contributed by atoms with Crippen molar-refractivity contribution in [2.24, 2.45) is 0 Å². The maximum atomic E-state index is 5.74. The van der Waals surface area contributed by atoms with E-state index in [0.717, 1.165) is 25.7 Å². The Kier molecular flexibility index (Phi) is 2540. The average molecular weight is 1750 g/mol. The van der Waals surface area contributed by atoms with Crippen LogP contribution >= 0.6 is 0 Å². The normalized spacial score (nSPS) is 4.26. The maximum Gasteiger partial charge on any atom is 0.124 e. The molecule has 0 N–H and O–H groups in total. The Balaban J connectivity index is -0.00000000621. The number of unbranched alkanes of at least 4 members (excludes halogenated alkanes) is 6. The molecule has 0 aromatic carbocycles. The van der Waals surface area contributed by atoms with E-state index in [2.05, 4.69) is 61.8 Å². The molecule has 0 atom stereocenters. The summed E-state index contributed by atoms with van der Waals surface area (Å²) in [5.74, 6) is 0. The topological polar surface area (TPSA) is 0 Å². The molecule has 0 saturated heterocycles. The van der Waals surface area contributed by atoms with Crippen LogP contribution in [0.25, 0.3) is 0 Å². The van der Waals surface area contributed by atoms with Crippen LogP contribution in [-0.2, 0) is 126 Å². The van der Waals surface area contributed by atoms with E-state index in [1.165, 1.54) is 44.9 Å². The van der Waals surface area contributed by atoms with Gasteiger partial charge in [-0.1, -0.05) is 213 Å². The SMILES string of the molecule is C.C.C.CC.CC.CC.CC.CC.CC.CC.CC.CC.[2H]C#C.[CH2-]C.[CH2-]CC.[CH2-]CCC.[CH2-]CCCC.[CH2-]CCCCC.[CH3-].[W].[W].[W].[W].[W].[W]. The first-order valence-corrected chi connectivity index (χ1v) is 17.8. The van der Waals surface area contributed by atoms with Crippen LogP contribution in [0.15, 0.2) is 0 Å². The van der Waals surface area contributed by atoms with Gasteiger partial charge in [0.25, 0.3) is 0 Å². The summed E-state index contributed by atoms with van der Waals surface area (Å²) in [7, 11) is 0. The number of hydrogen-bond donors (Lipinski definition) is 0. The molecule has 0 unspecified atom stereocenters. The van der Waals surface area contributed by atoms with E-state index in [1.54, 1.807) is 6.92 Å². The second-order valence-electron chi connectivity index (χ2n) is 4.12. The second-order valence-corrected chi connectivity index (χ2v) is 4.12. The van der Waals surface area contributed by atoms with Gasteiger partial charge in [-0.3, -0.25) is 0 Å². The van der Waals surface area contributed by atoms with Gasteiger partial charge in [-0.05, 0) is 0 Å². The molecule has 0 heterocycles. The van der Waals surface area contributed by atoms with Gasteiger partial charge in [-0.15, -0.1) is 12.8 Å². The van der Waals surface area contributed by atoms with Crippen molar-refractivity contribution < 1.29 is 128 Å². The molecule has 0 aliphatic heterocycles. The van der Waals surface area contributed by atoms with E-state index < -0.39 is 0 Å². The van der Waals surface area contributed by atoms with Gasteiger partial charge in [0.05, 0.1) is 0 Å². The molecule has 0 nitrogen and oxygen atoms in total. The van der Waals surface area contributed by atoms with E-state index in [1.807, 2.05) is 132 Å². The van der Waals surface area contributed by atoms with Crippen LogP contribution in [0.5, 0.6) is 0 Å². The maximum absolute atomic E-state index is 5.74. The van der Waals surface area contributed by atoms with Gasteiger partial charge < -0.3 is 42.0 Å². The Labute approximate surface area is 423 Å². The Bertz CT molecular complexity index is 144. The molecule has 0 amide bonds. The zero-order valence-electron chi connectivity index (χ0n) is 39.1. The summed E-state index contributed by atoms with van der Waals surface area (Å²) < 4.78 is 5.74. The predicted octanol–water partition coefficient (Wildman–Crippen LogP) is 19.9. The van der Waals surface area contributed by atoms with Crippen LogP contribution in [0.4, 0.5) is 0 Å². The molecule has 6 heteroatoms. The van der Waals surface area contributed by atoms with Crippen molar-refractivity contribution in [3.8, 4) is 12.8 Å². The largest absolute Gasteiger partial charge is 0.358 e. The smallest absolute Gasteiger partial charge is 0.124 e. The van der Waals surface area contributed by atoms with E-state index in [9.17, 15) is 0 Å². The van der Waals surface area contributed by atoms with Gasteiger partial charge in [0.1, 0.15) is 1.37 Å². The average Bonchev–Trinajstić information content (AvgIpc) is 3.11. The minimum absolute atomic E-state index is 0. The zero-order valence-corrected chi connectivity index (χ0v) is 55.7. The molecule has 0 aliphatic carbocycles. The van der Waals surface area contributed by atoms with Crippen molar-refractivity contribution in [3.05, 3.63) is 42.0 Å². The standard InChI is InChI=1S/C6H13.C5H11.C4H9.C3H7.9C2H6.C2H5.C2H2.3CH4.CH3.6W/c1-3-5-6-4-2;1-3-5-4-2;1-3-4-2;1-3-2;11*1-2;;;;;;;;;;/h1,3-6H2,2H3;1,3-5H2,2H3;1,3-4H2,2H3;1,3H2,2H3;9*1-2H3;1H2,2H3;1-2H;3*1H4;1H3;;;;;;/q4*-1;;;;;;;;;;-1;;;;;-1;;;;;;/i;;;;;;;;;;;;;;1D;;;;;;;;;;. The first-order chi connectivity index (χ1) is 20.1. The summed E-state index contributed by atoms with van der Waals surface area (Å²) in [6.07, 6.45) is 17.8. The molecule has 334 valence electrons. The van der Waals surface area contributed by atoms with E-state index in [-0.39, 0.29) is 156 Å². The van der Waals surface area contributed by atoms with Gasteiger partial charge in [0.15, 0.2) is 0 Å². The quantitative estimate of drug-likeness (QED) is 0.141. The molecule has 0 aliphatic rings. The van der Waals surface area contributed by atoms with Gasteiger partial charge in [0.2, 0.25) is 0 Å². The minimum Gasteiger partial charge on any atom is -0.358 e. The fraction of sp³-hybridized carbons (Fsp3) is 0.818. The van der Waals surface area contributed by atoms with Gasteiger partial charge in [0, 0.05) is 126 Å². The molecule has 0 saturated carbocycles. The predicted molar refractivity (Wildman–Crippen MR) is 240 cm³/mol. The number of hydrogen-bond acceptors (Lipinski definition) is 0. The Morgan fingerprint density at radius 3 is 0.520 bits per heavy atom. The van der Waals surface area contributed by atoms with Crippen molar-refractivity contribution in [1.29, 1.82) is 0 Å². The first-order valence-electron chi connectivity index (χ1n) is 18.3. The fourth-order valence-corrected chi connectivity index (χ4v) is 0.677. The third-order valence-electron chi connectivity index (χ3n) is 1.81. The van der Waals surface area contributed by atoms with Crippen molar-refractivity contribution >= 4 is 0 Å². The van der Waals surface area contributed by atoms with E-state index in [4.69, 9.17) is 1.37 Å². The summed E-state index contributed by atoms with van der Waals surface area (Å²) in [5, 5.41) is 0. The molecular formula is C44H116W6-6. The van der Waals surface area contributed by atoms with Crippen molar-refractivity contribution in [2.45, 2.75) is 246 Å². The molecule has 0 aromatic heterocycles. The van der Waals surface area contributed by atoms with Crippen molar-refractivity contribution in [2.75, 3.05) is 0 Å². The Morgan fingerprint density at radius 1 is 0.380 bits per heavy atom. The van der Waals surface area contributed by atoms with Crippen LogP contribution in [-0.4, -0.2) is 0 Å². The molecular weight excluding hydrogens is 1630 g/mol. The molecule has 0 radical (unpaired) electrons. The Hall–Kier alpha value is 3.69. The van der Waals surface area contributed by atoms with Gasteiger partial charge >= 0.3 is 0 Å². The number of rotatable bonds is 6. The first kappa shape index (κ1) is 169. The van der Waals surface area contributed by atoms with E-state index in [0.29, 0.717) is 0 Å². The zero-order chi connectivity index (χ0) is 37.8. The number of terminal acetylenes is 1. The van der Waals surface area contributed by atoms with Gasteiger partial charge in [-0.2, -0.15) is 32.6 Å². The monoisotopic (exact) mass is 1750 g/mol. The summed E-state index contributed by atoms with van der Waals surface area (Å²) in [5.41, 5.74) is 0. The van der Waals surface area contributed by atoms with Crippen LogP contribution in [0.2, 0.25) is 0 Å². The third-order valence-corrected chi connectivity index (χ3v) is 1.81. The van der Waals surface area contributed by atoms with Crippen LogP contribution < -0.4 is 0 Å². The molecule has 0 bridgehead atoms. The molecule has 0 rings (SSSR count). The second kappa shape index (κ2) is 751. The molecule has 0 fully saturated rings. The van der Waals surface area contributed by atoms with Crippen LogP contribution in [0.1, 0.15) is 247 Å². The van der Waals surface area contributed by atoms with Crippen molar-refractivity contribution in [3.63, 3.8) is 0 Å². The Morgan fingerprint density at radius 2 is 0.500 bits per heavy atom. The molecule has 50 heavy (non-hydrogen) atoms. The van der Waals surface area contributed by atoms with Crippen LogP contribution in [0.3, 0.4) is 0 Å².